The van der Waals surface area contributed by atoms with Crippen LogP contribution in [0.1, 0.15) is 23.9 Å². The van der Waals surface area contributed by atoms with E-state index in [0.29, 0.717) is 6.04 Å². The number of nitrogens with zero attached hydrogens (tertiary/aromatic N) is 3. The van der Waals surface area contributed by atoms with Crippen LogP contribution >= 0.6 is 15.9 Å². The van der Waals surface area contributed by atoms with Crippen molar-refractivity contribution in [3.63, 3.8) is 0 Å². The summed E-state index contributed by atoms with van der Waals surface area (Å²) >= 11 is 3.65. The Bertz CT molecular complexity index is 595. The third kappa shape index (κ3) is 3.36. The quantitative estimate of drug-likeness (QED) is 0.901. The Morgan fingerprint density at radius 1 is 1.33 bits per heavy atom. The number of hydrogen-bond donors (Lipinski definition) is 1. The van der Waals surface area contributed by atoms with Crippen LogP contribution in [-0.2, 0) is 13.1 Å². The molecule has 5 heteroatoms. The Morgan fingerprint density at radius 2 is 2.19 bits per heavy atom. The Labute approximate surface area is 134 Å². The highest BCUT2D eigenvalue weighted by atomic mass is 79.9. The summed E-state index contributed by atoms with van der Waals surface area (Å²) in [5.41, 5.74) is 1.33. The predicted octanol–water partition coefficient (Wildman–Crippen LogP) is 2.81. The van der Waals surface area contributed by atoms with E-state index >= 15 is 0 Å². The summed E-state index contributed by atoms with van der Waals surface area (Å²) in [7, 11) is 2.03. The summed E-state index contributed by atoms with van der Waals surface area (Å²) in [6.07, 6.45) is 5.07. The number of rotatable bonds is 5. The van der Waals surface area contributed by atoms with Gasteiger partial charge in [-0.25, -0.2) is 4.98 Å². The van der Waals surface area contributed by atoms with E-state index in [-0.39, 0.29) is 0 Å². The zero-order chi connectivity index (χ0) is 14.7. The van der Waals surface area contributed by atoms with Crippen LogP contribution in [0.5, 0.6) is 0 Å². The van der Waals surface area contributed by atoms with Gasteiger partial charge in [0.1, 0.15) is 5.82 Å². The molecular weight excluding hydrogens is 328 g/mol. The van der Waals surface area contributed by atoms with Crippen molar-refractivity contribution in [2.24, 2.45) is 0 Å². The van der Waals surface area contributed by atoms with Crippen LogP contribution in [0.15, 0.2) is 41.1 Å². The molecule has 0 amide bonds. The van der Waals surface area contributed by atoms with Gasteiger partial charge in [-0.3, -0.25) is 4.90 Å². The summed E-state index contributed by atoms with van der Waals surface area (Å²) in [4.78, 5) is 6.91. The molecule has 112 valence electrons. The van der Waals surface area contributed by atoms with Gasteiger partial charge in [-0.2, -0.15) is 0 Å². The number of imidazole rings is 1. The van der Waals surface area contributed by atoms with E-state index in [4.69, 9.17) is 0 Å². The van der Waals surface area contributed by atoms with Crippen molar-refractivity contribution in [3.8, 4) is 0 Å². The Morgan fingerprint density at radius 3 is 3.00 bits per heavy atom. The highest BCUT2D eigenvalue weighted by molar-refractivity contribution is 9.10. The fraction of sp³-hybridized carbons (Fsp3) is 0.438. The molecule has 1 aliphatic rings. The first-order chi connectivity index (χ1) is 10.3. The van der Waals surface area contributed by atoms with Gasteiger partial charge in [0, 0.05) is 42.5 Å². The van der Waals surface area contributed by atoms with Gasteiger partial charge in [0.25, 0.3) is 0 Å². The van der Waals surface area contributed by atoms with Crippen LogP contribution in [0.3, 0.4) is 0 Å². The lowest BCUT2D eigenvalue weighted by molar-refractivity contribution is 0.207. The molecule has 1 aromatic carbocycles. The minimum Gasteiger partial charge on any atom is -0.333 e. The number of halogens is 1. The topological polar surface area (TPSA) is 33.1 Å². The monoisotopic (exact) mass is 348 g/mol. The molecule has 0 saturated heterocycles. The van der Waals surface area contributed by atoms with E-state index in [0.717, 1.165) is 32.6 Å². The van der Waals surface area contributed by atoms with Crippen LogP contribution in [0.25, 0.3) is 0 Å². The fourth-order valence-electron chi connectivity index (χ4n) is 2.94. The van der Waals surface area contributed by atoms with Crippen LogP contribution in [0.2, 0.25) is 0 Å². The molecule has 0 saturated carbocycles. The summed E-state index contributed by atoms with van der Waals surface area (Å²) in [5, 5.41) is 3.44. The molecule has 2 aromatic rings. The van der Waals surface area contributed by atoms with Gasteiger partial charge < -0.3 is 9.88 Å². The number of nitrogens with one attached hydrogen (secondary N) is 1. The van der Waals surface area contributed by atoms with Crippen molar-refractivity contribution in [2.45, 2.75) is 25.6 Å². The van der Waals surface area contributed by atoms with Crippen LogP contribution in [0, 0.1) is 0 Å². The standard InChI is InChI=1S/C16H21BrN4/c1-18-15(13-4-2-3-5-14(13)17)6-8-20-10-11-21-9-7-19-16(21)12-20/h2-5,7,9,15,18H,6,8,10-12H2,1H3. The number of aromatic nitrogens is 2. The predicted molar refractivity (Wildman–Crippen MR) is 88.1 cm³/mol. The molecule has 1 atom stereocenters. The minimum atomic E-state index is 0.377. The maximum absolute atomic E-state index is 4.42. The highest BCUT2D eigenvalue weighted by Gasteiger charge is 2.18. The molecule has 4 nitrogen and oxygen atoms in total. The average molecular weight is 349 g/mol. The zero-order valence-electron chi connectivity index (χ0n) is 12.3. The molecule has 1 aliphatic heterocycles. The van der Waals surface area contributed by atoms with Crippen molar-refractivity contribution < 1.29 is 0 Å². The second kappa shape index (κ2) is 6.73. The number of fused-ring (bicyclic) bond motifs is 1. The van der Waals surface area contributed by atoms with E-state index in [1.165, 1.54) is 15.9 Å². The van der Waals surface area contributed by atoms with Crippen molar-refractivity contribution in [1.82, 2.24) is 19.8 Å². The summed E-state index contributed by atoms with van der Waals surface area (Å²) < 4.78 is 3.43. The summed E-state index contributed by atoms with van der Waals surface area (Å²) in [6.45, 7) is 4.20. The molecule has 0 bridgehead atoms. The minimum absolute atomic E-state index is 0.377. The molecule has 1 N–H and O–H groups in total. The largest absolute Gasteiger partial charge is 0.333 e. The average Bonchev–Trinajstić information content (AvgIpc) is 2.97. The van der Waals surface area contributed by atoms with E-state index < -0.39 is 0 Å². The Hall–Kier alpha value is -1.17. The van der Waals surface area contributed by atoms with Gasteiger partial charge in [-0.15, -0.1) is 0 Å². The third-order valence-corrected chi connectivity index (χ3v) is 4.91. The van der Waals surface area contributed by atoms with Crippen LogP contribution in [0.4, 0.5) is 0 Å². The van der Waals surface area contributed by atoms with E-state index in [9.17, 15) is 0 Å². The molecule has 0 aliphatic carbocycles. The van der Waals surface area contributed by atoms with Crippen LogP contribution < -0.4 is 5.32 Å². The highest BCUT2D eigenvalue weighted by Crippen LogP contribution is 2.25. The molecule has 21 heavy (non-hydrogen) atoms. The molecule has 1 aromatic heterocycles. The maximum atomic E-state index is 4.42. The van der Waals surface area contributed by atoms with Crippen LogP contribution in [-0.4, -0.2) is 34.6 Å². The van der Waals surface area contributed by atoms with E-state index in [2.05, 4.69) is 66.2 Å². The molecular formula is C16H21BrN4. The van der Waals surface area contributed by atoms with Crippen molar-refractivity contribution in [3.05, 3.63) is 52.5 Å². The van der Waals surface area contributed by atoms with Crippen molar-refractivity contribution in [2.75, 3.05) is 20.1 Å². The van der Waals surface area contributed by atoms with E-state index in [1.54, 1.807) is 0 Å². The lowest BCUT2D eigenvalue weighted by Crippen LogP contribution is -2.35. The fourth-order valence-corrected chi connectivity index (χ4v) is 3.50. The lowest BCUT2D eigenvalue weighted by Gasteiger charge is -2.29. The van der Waals surface area contributed by atoms with Gasteiger partial charge >= 0.3 is 0 Å². The molecule has 1 unspecified atom stereocenters. The van der Waals surface area contributed by atoms with Gasteiger partial charge in [0.2, 0.25) is 0 Å². The summed E-state index contributed by atoms with van der Waals surface area (Å²) in [6, 6.07) is 8.83. The first-order valence-corrected chi connectivity index (χ1v) is 8.21. The Kier molecular flexibility index (Phi) is 4.73. The van der Waals surface area contributed by atoms with Crippen molar-refractivity contribution in [1.29, 1.82) is 0 Å². The molecule has 0 radical (unpaired) electrons. The molecule has 0 spiro atoms. The van der Waals surface area contributed by atoms with Gasteiger partial charge in [0.05, 0.1) is 6.54 Å². The molecule has 3 rings (SSSR count). The SMILES string of the molecule is CNC(CCN1CCn2ccnc2C1)c1ccccc1Br. The lowest BCUT2D eigenvalue weighted by atomic mass is 10.0. The van der Waals surface area contributed by atoms with Gasteiger partial charge in [-0.05, 0) is 25.1 Å². The number of hydrogen-bond acceptors (Lipinski definition) is 3. The van der Waals surface area contributed by atoms with E-state index in [1.807, 2.05) is 13.2 Å². The van der Waals surface area contributed by atoms with Crippen molar-refractivity contribution >= 4 is 15.9 Å². The van der Waals surface area contributed by atoms with Gasteiger partial charge in [-0.1, -0.05) is 34.1 Å². The second-order valence-corrected chi connectivity index (χ2v) is 6.32. The first-order valence-electron chi connectivity index (χ1n) is 7.42. The maximum Gasteiger partial charge on any atom is 0.122 e. The normalized spacial score (nSPS) is 16.7. The number of benzene rings is 1. The molecule has 0 fully saturated rings. The second-order valence-electron chi connectivity index (χ2n) is 5.46. The first kappa shape index (κ1) is 14.8. The zero-order valence-corrected chi connectivity index (χ0v) is 13.9. The summed E-state index contributed by atoms with van der Waals surface area (Å²) in [5.74, 6) is 1.18. The smallest absolute Gasteiger partial charge is 0.122 e. The molecule has 2 heterocycles. The Balaban J connectivity index is 1.60. The third-order valence-electron chi connectivity index (χ3n) is 4.19. The van der Waals surface area contributed by atoms with Gasteiger partial charge in [0.15, 0.2) is 0 Å².